The van der Waals surface area contributed by atoms with Crippen molar-refractivity contribution in [2.75, 3.05) is 5.32 Å². The van der Waals surface area contributed by atoms with Gasteiger partial charge in [-0.15, -0.1) is 0 Å². The fourth-order valence-corrected chi connectivity index (χ4v) is 0.943. The number of anilines is 1. The molecule has 0 aliphatic heterocycles. The van der Waals surface area contributed by atoms with Crippen molar-refractivity contribution < 1.29 is 18.4 Å². The summed E-state index contributed by atoms with van der Waals surface area (Å²) in [7, 11) is 0. The summed E-state index contributed by atoms with van der Waals surface area (Å²) in [5.74, 6) is -3.23. The van der Waals surface area contributed by atoms with E-state index >= 15 is 0 Å². The van der Waals surface area contributed by atoms with Gasteiger partial charge >= 0.3 is 0 Å². The molecule has 0 bridgehead atoms. The summed E-state index contributed by atoms with van der Waals surface area (Å²) in [5.41, 5.74) is 4.56. The molecule has 2 amide bonds. The van der Waals surface area contributed by atoms with Crippen LogP contribution in [0.1, 0.15) is 6.42 Å². The van der Waals surface area contributed by atoms with E-state index in [-0.39, 0.29) is 5.69 Å². The van der Waals surface area contributed by atoms with Crippen LogP contribution in [0.2, 0.25) is 0 Å². The Morgan fingerprint density at radius 1 is 1.33 bits per heavy atom. The Morgan fingerprint density at radius 3 is 2.53 bits per heavy atom. The summed E-state index contributed by atoms with van der Waals surface area (Å²) in [5, 5.41) is 2.09. The Bertz CT molecular complexity index is 407. The number of rotatable bonds is 3. The van der Waals surface area contributed by atoms with Crippen molar-refractivity contribution in [1.82, 2.24) is 0 Å². The van der Waals surface area contributed by atoms with Gasteiger partial charge in [-0.1, -0.05) is 0 Å². The first-order chi connectivity index (χ1) is 6.99. The fourth-order valence-electron chi connectivity index (χ4n) is 0.943. The molecule has 0 aliphatic rings. The van der Waals surface area contributed by atoms with Gasteiger partial charge in [0.15, 0.2) is 0 Å². The van der Waals surface area contributed by atoms with E-state index < -0.39 is 29.9 Å². The van der Waals surface area contributed by atoms with Crippen molar-refractivity contribution in [3.8, 4) is 0 Å². The molecule has 0 aliphatic carbocycles. The Balaban J connectivity index is 2.72. The van der Waals surface area contributed by atoms with E-state index in [1.54, 1.807) is 0 Å². The number of nitrogens with two attached hydrogens (primary N) is 1. The van der Waals surface area contributed by atoms with E-state index in [0.29, 0.717) is 6.07 Å². The number of hydrogen-bond donors (Lipinski definition) is 2. The van der Waals surface area contributed by atoms with Crippen LogP contribution in [0.5, 0.6) is 0 Å². The minimum absolute atomic E-state index is 0.192. The number of carbonyl (C=O) groups excluding carboxylic acids is 2. The van der Waals surface area contributed by atoms with Gasteiger partial charge < -0.3 is 11.1 Å². The molecule has 3 N–H and O–H groups in total. The summed E-state index contributed by atoms with van der Waals surface area (Å²) in [6.07, 6.45) is -0.545. The average Bonchev–Trinajstić information content (AvgIpc) is 2.08. The average molecular weight is 214 g/mol. The van der Waals surface area contributed by atoms with Gasteiger partial charge in [0.25, 0.3) is 0 Å². The first-order valence-corrected chi connectivity index (χ1v) is 4.02. The molecule has 0 radical (unpaired) electrons. The lowest BCUT2D eigenvalue weighted by molar-refractivity contribution is -0.124. The van der Waals surface area contributed by atoms with Crippen LogP contribution >= 0.6 is 0 Å². The van der Waals surface area contributed by atoms with Crippen molar-refractivity contribution >= 4 is 17.5 Å². The molecule has 1 aromatic carbocycles. The van der Waals surface area contributed by atoms with Crippen molar-refractivity contribution in [1.29, 1.82) is 0 Å². The lowest BCUT2D eigenvalue weighted by atomic mass is 10.3. The quantitative estimate of drug-likeness (QED) is 0.730. The second-order valence-electron chi connectivity index (χ2n) is 2.82. The topological polar surface area (TPSA) is 72.2 Å². The monoisotopic (exact) mass is 214 g/mol. The third-order valence-electron chi connectivity index (χ3n) is 1.54. The van der Waals surface area contributed by atoms with E-state index in [2.05, 4.69) is 5.32 Å². The van der Waals surface area contributed by atoms with Crippen LogP contribution in [-0.2, 0) is 9.59 Å². The summed E-state index contributed by atoms with van der Waals surface area (Å²) < 4.78 is 25.4. The molecule has 4 nitrogen and oxygen atoms in total. The number of halogens is 2. The van der Waals surface area contributed by atoms with Gasteiger partial charge in [-0.25, -0.2) is 8.78 Å². The molecule has 1 aromatic rings. The standard InChI is InChI=1S/C9H8F2N2O2/c10-5-1-2-7(6(11)3-5)13-9(15)4-8(12)14/h1-3H,4H2,(H2,12,14)(H,13,15). The highest BCUT2D eigenvalue weighted by Crippen LogP contribution is 2.14. The molecule has 0 unspecified atom stereocenters. The Kier molecular flexibility index (Phi) is 3.33. The van der Waals surface area contributed by atoms with Gasteiger partial charge in [-0.2, -0.15) is 0 Å². The van der Waals surface area contributed by atoms with E-state index in [0.717, 1.165) is 12.1 Å². The lowest BCUT2D eigenvalue weighted by Crippen LogP contribution is -2.21. The molecule has 0 heterocycles. The summed E-state index contributed by atoms with van der Waals surface area (Å²) in [6.45, 7) is 0. The Hall–Kier alpha value is -1.98. The summed E-state index contributed by atoms with van der Waals surface area (Å²) >= 11 is 0. The van der Waals surface area contributed by atoms with Crippen LogP contribution in [0, 0.1) is 11.6 Å². The zero-order valence-corrected chi connectivity index (χ0v) is 7.59. The molecule has 1 rings (SSSR count). The van der Waals surface area contributed by atoms with Crippen LogP contribution in [0.25, 0.3) is 0 Å². The first-order valence-electron chi connectivity index (χ1n) is 4.02. The van der Waals surface area contributed by atoms with E-state index in [1.807, 2.05) is 0 Å². The van der Waals surface area contributed by atoms with Gasteiger partial charge in [-0.05, 0) is 12.1 Å². The van der Waals surface area contributed by atoms with Gasteiger partial charge in [0, 0.05) is 6.07 Å². The predicted octanol–water partition coefficient (Wildman–Crippen LogP) is 0.779. The van der Waals surface area contributed by atoms with E-state index in [9.17, 15) is 18.4 Å². The Morgan fingerprint density at radius 2 is 2.00 bits per heavy atom. The zero-order chi connectivity index (χ0) is 11.4. The van der Waals surface area contributed by atoms with Crippen LogP contribution in [-0.4, -0.2) is 11.8 Å². The summed E-state index contributed by atoms with van der Waals surface area (Å²) in [6, 6.07) is 2.67. The zero-order valence-electron chi connectivity index (χ0n) is 7.59. The van der Waals surface area contributed by atoms with E-state index in [4.69, 9.17) is 5.73 Å². The number of primary amides is 1. The summed E-state index contributed by atoms with van der Waals surface area (Å²) in [4.78, 5) is 21.3. The molecular formula is C9H8F2N2O2. The predicted molar refractivity (Wildman–Crippen MR) is 48.8 cm³/mol. The van der Waals surface area contributed by atoms with Crippen molar-refractivity contribution in [2.45, 2.75) is 6.42 Å². The maximum Gasteiger partial charge on any atom is 0.233 e. The van der Waals surface area contributed by atoms with E-state index in [1.165, 1.54) is 0 Å². The molecule has 0 saturated heterocycles. The largest absolute Gasteiger partial charge is 0.369 e. The SMILES string of the molecule is NC(=O)CC(=O)Nc1ccc(F)cc1F. The van der Waals surface area contributed by atoms with Crippen molar-refractivity contribution in [2.24, 2.45) is 5.73 Å². The molecule has 0 aromatic heterocycles. The van der Waals surface area contributed by atoms with Crippen LogP contribution in [0.15, 0.2) is 18.2 Å². The van der Waals surface area contributed by atoms with Crippen molar-refractivity contribution in [3.05, 3.63) is 29.8 Å². The van der Waals surface area contributed by atoms with Crippen LogP contribution in [0.4, 0.5) is 14.5 Å². The van der Waals surface area contributed by atoms with Gasteiger partial charge in [-0.3, -0.25) is 9.59 Å². The minimum atomic E-state index is -0.909. The molecule has 80 valence electrons. The number of amides is 2. The van der Waals surface area contributed by atoms with Crippen LogP contribution < -0.4 is 11.1 Å². The minimum Gasteiger partial charge on any atom is -0.369 e. The normalized spacial score (nSPS) is 9.73. The molecule has 6 heteroatoms. The maximum absolute atomic E-state index is 13.0. The molecule has 0 saturated carbocycles. The second-order valence-corrected chi connectivity index (χ2v) is 2.82. The highest BCUT2D eigenvalue weighted by molar-refractivity contribution is 6.03. The van der Waals surface area contributed by atoms with Crippen LogP contribution in [0.3, 0.4) is 0 Å². The Labute approximate surface area is 84.1 Å². The maximum atomic E-state index is 13.0. The molecule has 15 heavy (non-hydrogen) atoms. The molecular weight excluding hydrogens is 206 g/mol. The van der Waals surface area contributed by atoms with Gasteiger partial charge in [0.05, 0.1) is 5.69 Å². The third-order valence-corrected chi connectivity index (χ3v) is 1.54. The highest BCUT2D eigenvalue weighted by Gasteiger charge is 2.09. The fraction of sp³-hybridized carbons (Fsp3) is 0.111. The highest BCUT2D eigenvalue weighted by atomic mass is 19.1. The second kappa shape index (κ2) is 4.50. The number of benzene rings is 1. The molecule has 0 atom stereocenters. The number of nitrogens with one attached hydrogen (secondary N) is 1. The van der Waals surface area contributed by atoms with Gasteiger partial charge in [0.1, 0.15) is 18.1 Å². The number of hydrogen-bond acceptors (Lipinski definition) is 2. The van der Waals surface area contributed by atoms with Crippen molar-refractivity contribution in [3.63, 3.8) is 0 Å². The smallest absolute Gasteiger partial charge is 0.233 e. The van der Waals surface area contributed by atoms with Gasteiger partial charge in [0.2, 0.25) is 11.8 Å². The molecule has 0 fully saturated rings. The third kappa shape index (κ3) is 3.34. The number of carbonyl (C=O) groups is 2. The molecule has 0 spiro atoms. The first kappa shape index (κ1) is 11.1. The lowest BCUT2D eigenvalue weighted by Gasteiger charge is -2.04.